The molecule has 0 bridgehead atoms. The smallest absolute Gasteiger partial charge is 0.0896 e. The molecule has 0 aliphatic rings. The summed E-state index contributed by atoms with van der Waals surface area (Å²) >= 11 is 1.83. The first-order valence-corrected chi connectivity index (χ1v) is 7.26. The third kappa shape index (κ3) is 5.64. The Kier molecular flexibility index (Phi) is 5.14. The Bertz CT molecular complexity index is 336. The number of hydrogen-bond donors (Lipinski definition) is 1. The summed E-state index contributed by atoms with van der Waals surface area (Å²) in [6, 6.07) is 0. The Balaban J connectivity index is 2.55. The van der Waals surface area contributed by atoms with E-state index in [2.05, 4.69) is 51.8 Å². The SMILES string of the molecule is Cc1ncc(CC(CNC(C)(C)C)C(C)C)s1. The maximum absolute atomic E-state index is 4.34. The molecule has 1 rings (SSSR count). The van der Waals surface area contributed by atoms with Crippen LogP contribution in [0.3, 0.4) is 0 Å². The number of nitrogens with zero attached hydrogens (tertiary/aromatic N) is 1. The van der Waals surface area contributed by atoms with Gasteiger partial charge in [-0.1, -0.05) is 13.8 Å². The van der Waals surface area contributed by atoms with Gasteiger partial charge < -0.3 is 5.32 Å². The number of aryl methyl sites for hydroxylation is 1. The van der Waals surface area contributed by atoms with Crippen molar-refractivity contribution in [3.05, 3.63) is 16.1 Å². The topological polar surface area (TPSA) is 24.9 Å². The van der Waals surface area contributed by atoms with Crippen molar-refractivity contribution in [2.45, 2.75) is 53.5 Å². The summed E-state index contributed by atoms with van der Waals surface area (Å²) in [5, 5.41) is 4.79. The Hall–Kier alpha value is -0.410. The van der Waals surface area contributed by atoms with Crippen molar-refractivity contribution in [3.63, 3.8) is 0 Å². The molecule has 1 unspecified atom stereocenters. The summed E-state index contributed by atoms with van der Waals surface area (Å²) in [6.07, 6.45) is 3.18. The van der Waals surface area contributed by atoms with Crippen LogP contribution in [-0.2, 0) is 6.42 Å². The second-order valence-electron chi connectivity index (χ2n) is 6.18. The first-order chi connectivity index (χ1) is 7.78. The van der Waals surface area contributed by atoms with Crippen LogP contribution in [0.4, 0.5) is 0 Å². The van der Waals surface area contributed by atoms with E-state index in [1.165, 1.54) is 9.88 Å². The van der Waals surface area contributed by atoms with E-state index >= 15 is 0 Å². The van der Waals surface area contributed by atoms with Gasteiger partial charge in [0.1, 0.15) is 0 Å². The van der Waals surface area contributed by atoms with Crippen LogP contribution in [0.25, 0.3) is 0 Å². The first kappa shape index (κ1) is 14.7. The Morgan fingerprint density at radius 2 is 2.00 bits per heavy atom. The monoisotopic (exact) mass is 254 g/mol. The molecule has 1 N–H and O–H groups in total. The highest BCUT2D eigenvalue weighted by Gasteiger charge is 2.18. The fourth-order valence-corrected chi connectivity index (χ4v) is 2.63. The van der Waals surface area contributed by atoms with Crippen molar-refractivity contribution < 1.29 is 0 Å². The van der Waals surface area contributed by atoms with Gasteiger partial charge in [-0.15, -0.1) is 11.3 Å². The van der Waals surface area contributed by atoms with Gasteiger partial charge in [-0.25, -0.2) is 4.98 Å². The third-order valence-electron chi connectivity index (χ3n) is 2.97. The van der Waals surface area contributed by atoms with E-state index in [9.17, 15) is 0 Å². The van der Waals surface area contributed by atoms with Gasteiger partial charge in [-0.05, 0) is 52.5 Å². The summed E-state index contributed by atoms with van der Waals surface area (Å²) in [7, 11) is 0. The predicted molar refractivity (Wildman–Crippen MR) is 76.6 cm³/mol. The Labute approximate surface area is 110 Å². The van der Waals surface area contributed by atoms with Crippen LogP contribution in [-0.4, -0.2) is 17.1 Å². The van der Waals surface area contributed by atoms with E-state index < -0.39 is 0 Å². The zero-order valence-electron chi connectivity index (χ0n) is 12.0. The van der Waals surface area contributed by atoms with E-state index in [4.69, 9.17) is 0 Å². The lowest BCUT2D eigenvalue weighted by Crippen LogP contribution is -2.40. The summed E-state index contributed by atoms with van der Waals surface area (Å²) in [4.78, 5) is 5.75. The minimum Gasteiger partial charge on any atom is -0.312 e. The molecule has 0 aromatic carbocycles. The van der Waals surface area contributed by atoms with Crippen LogP contribution in [0, 0.1) is 18.8 Å². The molecular weight excluding hydrogens is 228 g/mol. The highest BCUT2D eigenvalue weighted by molar-refractivity contribution is 7.11. The second kappa shape index (κ2) is 5.96. The average molecular weight is 254 g/mol. The van der Waals surface area contributed by atoms with E-state index in [1.807, 2.05) is 17.5 Å². The van der Waals surface area contributed by atoms with Gasteiger partial charge >= 0.3 is 0 Å². The number of nitrogens with one attached hydrogen (secondary N) is 1. The molecule has 1 heterocycles. The molecule has 0 radical (unpaired) electrons. The lowest BCUT2D eigenvalue weighted by atomic mass is 9.91. The fourth-order valence-electron chi connectivity index (χ4n) is 1.74. The van der Waals surface area contributed by atoms with Crippen molar-refractivity contribution in [3.8, 4) is 0 Å². The maximum atomic E-state index is 4.34. The molecule has 0 aliphatic carbocycles. The number of aromatic nitrogens is 1. The zero-order valence-corrected chi connectivity index (χ0v) is 12.8. The highest BCUT2D eigenvalue weighted by Crippen LogP contribution is 2.21. The molecule has 0 saturated heterocycles. The van der Waals surface area contributed by atoms with Crippen molar-refractivity contribution in [2.24, 2.45) is 11.8 Å². The number of hydrogen-bond acceptors (Lipinski definition) is 3. The fraction of sp³-hybridized carbons (Fsp3) is 0.786. The van der Waals surface area contributed by atoms with Gasteiger partial charge in [-0.3, -0.25) is 0 Å². The van der Waals surface area contributed by atoms with Crippen LogP contribution in [0.2, 0.25) is 0 Å². The molecule has 0 spiro atoms. The molecule has 1 aromatic heterocycles. The largest absolute Gasteiger partial charge is 0.312 e. The van der Waals surface area contributed by atoms with Gasteiger partial charge in [0, 0.05) is 16.6 Å². The van der Waals surface area contributed by atoms with Crippen LogP contribution in [0.5, 0.6) is 0 Å². The molecule has 2 nitrogen and oxygen atoms in total. The van der Waals surface area contributed by atoms with Crippen LogP contribution in [0.1, 0.15) is 44.5 Å². The normalized spacial score (nSPS) is 14.3. The van der Waals surface area contributed by atoms with E-state index in [-0.39, 0.29) is 5.54 Å². The molecule has 1 atom stereocenters. The lowest BCUT2D eigenvalue weighted by Gasteiger charge is -2.27. The molecule has 1 aromatic rings. The van der Waals surface area contributed by atoms with Gasteiger partial charge in [0.15, 0.2) is 0 Å². The molecule has 0 saturated carbocycles. The van der Waals surface area contributed by atoms with Gasteiger partial charge in [0.2, 0.25) is 0 Å². The summed E-state index contributed by atoms with van der Waals surface area (Å²) < 4.78 is 0. The minimum absolute atomic E-state index is 0.205. The summed E-state index contributed by atoms with van der Waals surface area (Å²) in [6.45, 7) is 14.4. The van der Waals surface area contributed by atoms with Crippen LogP contribution < -0.4 is 5.32 Å². The highest BCUT2D eigenvalue weighted by atomic mass is 32.1. The van der Waals surface area contributed by atoms with E-state index in [0.717, 1.165) is 13.0 Å². The Morgan fingerprint density at radius 3 is 2.41 bits per heavy atom. The molecule has 0 amide bonds. The molecule has 3 heteroatoms. The van der Waals surface area contributed by atoms with Crippen LogP contribution >= 0.6 is 11.3 Å². The minimum atomic E-state index is 0.205. The number of rotatable bonds is 5. The molecular formula is C14H26N2S. The zero-order chi connectivity index (χ0) is 13.1. The maximum Gasteiger partial charge on any atom is 0.0896 e. The van der Waals surface area contributed by atoms with Crippen LogP contribution in [0.15, 0.2) is 6.20 Å². The quantitative estimate of drug-likeness (QED) is 0.867. The molecule has 98 valence electrons. The van der Waals surface area contributed by atoms with E-state index in [0.29, 0.717) is 11.8 Å². The van der Waals surface area contributed by atoms with E-state index in [1.54, 1.807) is 0 Å². The van der Waals surface area contributed by atoms with Gasteiger partial charge in [0.25, 0.3) is 0 Å². The van der Waals surface area contributed by atoms with Crippen molar-refractivity contribution in [1.29, 1.82) is 0 Å². The first-order valence-electron chi connectivity index (χ1n) is 6.44. The number of thiazole rings is 1. The van der Waals surface area contributed by atoms with Crippen molar-refractivity contribution in [1.82, 2.24) is 10.3 Å². The molecule has 0 aliphatic heterocycles. The molecule has 0 fully saturated rings. The lowest BCUT2D eigenvalue weighted by molar-refractivity contribution is 0.313. The molecule has 17 heavy (non-hydrogen) atoms. The Morgan fingerprint density at radius 1 is 1.35 bits per heavy atom. The van der Waals surface area contributed by atoms with Gasteiger partial charge in [0.05, 0.1) is 5.01 Å². The van der Waals surface area contributed by atoms with Gasteiger partial charge in [-0.2, -0.15) is 0 Å². The second-order valence-corrected chi connectivity index (χ2v) is 7.50. The predicted octanol–water partition coefficient (Wildman–Crippen LogP) is 3.65. The van der Waals surface area contributed by atoms with Crippen molar-refractivity contribution in [2.75, 3.05) is 6.54 Å². The summed E-state index contributed by atoms with van der Waals surface area (Å²) in [5.41, 5.74) is 0.205. The third-order valence-corrected chi connectivity index (χ3v) is 3.90. The average Bonchev–Trinajstić information content (AvgIpc) is 2.56. The standard InChI is InChI=1S/C14H26N2S/c1-10(2)12(8-16-14(4,5)6)7-13-9-15-11(3)17-13/h9-10,12,16H,7-8H2,1-6H3. The van der Waals surface area contributed by atoms with Crippen molar-refractivity contribution >= 4 is 11.3 Å². The summed E-state index contributed by atoms with van der Waals surface area (Å²) in [5.74, 6) is 1.39.